The first-order valence-electron chi connectivity index (χ1n) is 16.9. The lowest BCUT2D eigenvalue weighted by atomic mass is 9.70. The second-order valence-corrected chi connectivity index (χ2v) is 11.9. The minimum Gasteiger partial charge on any atom is -0.490 e. The normalized spacial score (nSPS) is 12.9. The maximum Gasteiger partial charge on any atom is 0.330 e. The van der Waals surface area contributed by atoms with Crippen molar-refractivity contribution in [3.05, 3.63) is 182 Å². The zero-order valence-corrected chi connectivity index (χ0v) is 29.1. The van der Waals surface area contributed by atoms with Crippen molar-refractivity contribution in [2.75, 3.05) is 26.4 Å². The second kappa shape index (κ2) is 18.6. The van der Waals surface area contributed by atoms with E-state index in [0.29, 0.717) is 23.0 Å². The average Bonchev–Trinajstić information content (AvgIpc) is 3.20. The average molecular weight is 699 g/mol. The third-order valence-corrected chi connectivity index (χ3v) is 8.31. The van der Waals surface area contributed by atoms with Gasteiger partial charge in [-0.2, -0.15) is 0 Å². The summed E-state index contributed by atoms with van der Waals surface area (Å²) < 4.78 is 36.0. The first-order chi connectivity index (χ1) is 25.4. The fourth-order valence-electron chi connectivity index (χ4n) is 5.67. The van der Waals surface area contributed by atoms with Crippen molar-refractivity contribution in [1.29, 1.82) is 0 Å². The van der Waals surface area contributed by atoms with Crippen molar-refractivity contribution < 1.29 is 38.0 Å². The number of para-hydroxylation sites is 4. The van der Waals surface area contributed by atoms with Crippen molar-refractivity contribution in [3.8, 4) is 23.0 Å². The standard InChI is InChI=1S/C44H42O8/c1-4-42(45)51-36(29-47-34-21-11-7-12-22-34)31-49-40-27-17-15-25-38(40)44(3,33-19-9-6-10-20-33)39-26-16-18-28-41(39)50-32-37(52-43(46)5-2)30-48-35-23-13-8-14-24-35/h4-28,36-37H,1-2,29-32H2,3H3. The molecule has 0 aliphatic rings. The first-order valence-corrected chi connectivity index (χ1v) is 16.9. The van der Waals surface area contributed by atoms with Crippen molar-refractivity contribution in [3.63, 3.8) is 0 Å². The molecule has 0 N–H and O–H groups in total. The highest BCUT2D eigenvalue weighted by atomic mass is 16.6. The number of hydrogen-bond acceptors (Lipinski definition) is 8. The maximum absolute atomic E-state index is 12.3. The summed E-state index contributed by atoms with van der Waals surface area (Å²) in [5.41, 5.74) is 1.86. The number of hydrogen-bond donors (Lipinski definition) is 0. The third-order valence-electron chi connectivity index (χ3n) is 8.31. The molecule has 0 aliphatic heterocycles. The topological polar surface area (TPSA) is 89.5 Å². The molecule has 0 saturated heterocycles. The summed E-state index contributed by atoms with van der Waals surface area (Å²) in [7, 11) is 0. The van der Waals surface area contributed by atoms with Gasteiger partial charge in [0, 0.05) is 28.7 Å². The van der Waals surface area contributed by atoms with E-state index in [1.165, 1.54) is 0 Å². The van der Waals surface area contributed by atoms with Crippen LogP contribution in [0.15, 0.2) is 165 Å². The van der Waals surface area contributed by atoms with Crippen molar-refractivity contribution >= 4 is 11.9 Å². The molecule has 0 saturated carbocycles. The van der Waals surface area contributed by atoms with Gasteiger partial charge in [-0.1, -0.05) is 116 Å². The van der Waals surface area contributed by atoms with E-state index < -0.39 is 29.6 Å². The van der Waals surface area contributed by atoms with E-state index in [2.05, 4.69) is 32.2 Å². The molecule has 8 heteroatoms. The minimum absolute atomic E-state index is 0.0181. The number of ether oxygens (including phenoxy) is 6. The van der Waals surface area contributed by atoms with Gasteiger partial charge >= 0.3 is 11.9 Å². The number of carbonyl (C=O) groups excluding carboxylic acids is 2. The zero-order chi connectivity index (χ0) is 36.6. The van der Waals surface area contributed by atoms with Gasteiger partial charge in [0.1, 0.15) is 49.4 Å². The largest absolute Gasteiger partial charge is 0.490 e. The fraction of sp³-hybridized carbons (Fsp3) is 0.182. The Labute approximate surface area is 304 Å². The predicted molar refractivity (Wildman–Crippen MR) is 200 cm³/mol. The van der Waals surface area contributed by atoms with E-state index in [1.807, 2.05) is 127 Å². The minimum atomic E-state index is -0.809. The molecule has 0 amide bonds. The molecule has 5 aromatic rings. The van der Waals surface area contributed by atoms with Crippen LogP contribution in [-0.2, 0) is 24.5 Å². The molecule has 0 spiro atoms. The number of rotatable bonds is 19. The van der Waals surface area contributed by atoms with E-state index in [-0.39, 0.29) is 26.4 Å². The van der Waals surface area contributed by atoms with Gasteiger partial charge in [-0.05, 0) is 48.9 Å². The lowest BCUT2D eigenvalue weighted by Gasteiger charge is -2.35. The van der Waals surface area contributed by atoms with Gasteiger partial charge in [0.25, 0.3) is 0 Å². The van der Waals surface area contributed by atoms with E-state index in [9.17, 15) is 9.59 Å². The van der Waals surface area contributed by atoms with Gasteiger partial charge in [0.15, 0.2) is 12.2 Å². The molecule has 0 fully saturated rings. The first kappa shape index (κ1) is 37.0. The van der Waals surface area contributed by atoms with Gasteiger partial charge < -0.3 is 28.4 Å². The summed E-state index contributed by atoms with van der Waals surface area (Å²) in [4.78, 5) is 24.5. The van der Waals surface area contributed by atoms with Gasteiger partial charge in [-0.15, -0.1) is 0 Å². The molecule has 5 aromatic carbocycles. The highest BCUT2D eigenvalue weighted by Gasteiger charge is 2.37. The molecule has 0 aliphatic carbocycles. The van der Waals surface area contributed by atoms with Crippen molar-refractivity contribution in [2.24, 2.45) is 0 Å². The molecule has 2 unspecified atom stereocenters. The van der Waals surface area contributed by atoms with Crippen LogP contribution >= 0.6 is 0 Å². The Balaban J connectivity index is 1.44. The Morgan fingerprint density at radius 1 is 0.519 bits per heavy atom. The zero-order valence-electron chi connectivity index (χ0n) is 29.1. The van der Waals surface area contributed by atoms with Gasteiger partial charge in [0.2, 0.25) is 0 Å². The van der Waals surface area contributed by atoms with E-state index in [0.717, 1.165) is 28.8 Å². The lowest BCUT2D eigenvalue weighted by Crippen LogP contribution is -2.33. The van der Waals surface area contributed by atoms with Crippen LogP contribution in [-0.4, -0.2) is 50.6 Å². The summed E-state index contributed by atoms with van der Waals surface area (Å²) in [6, 6.07) is 44.1. The lowest BCUT2D eigenvalue weighted by molar-refractivity contribution is -0.147. The van der Waals surface area contributed by atoms with Crippen LogP contribution in [0.3, 0.4) is 0 Å². The molecule has 0 bridgehead atoms. The van der Waals surface area contributed by atoms with Crippen molar-refractivity contribution in [2.45, 2.75) is 24.5 Å². The van der Waals surface area contributed by atoms with Crippen LogP contribution in [0.25, 0.3) is 0 Å². The van der Waals surface area contributed by atoms with Gasteiger partial charge in [0.05, 0.1) is 0 Å². The Hall–Kier alpha value is -6.28. The number of esters is 2. The molecular weight excluding hydrogens is 656 g/mol. The molecule has 0 radical (unpaired) electrons. The summed E-state index contributed by atoms with van der Waals surface area (Å²) in [5, 5.41) is 0. The molecule has 2 atom stereocenters. The molecule has 5 rings (SSSR count). The summed E-state index contributed by atoms with van der Waals surface area (Å²) in [6.07, 6.45) is 0.768. The number of carbonyl (C=O) groups is 2. The third kappa shape index (κ3) is 9.91. The van der Waals surface area contributed by atoms with Crippen LogP contribution in [0.1, 0.15) is 23.6 Å². The van der Waals surface area contributed by atoms with Crippen LogP contribution < -0.4 is 18.9 Å². The Bertz CT molecular complexity index is 1780. The smallest absolute Gasteiger partial charge is 0.330 e. The Kier molecular flexibility index (Phi) is 13.3. The number of benzene rings is 5. The second-order valence-electron chi connectivity index (χ2n) is 11.9. The van der Waals surface area contributed by atoms with Crippen LogP contribution in [0.4, 0.5) is 0 Å². The summed E-state index contributed by atoms with van der Waals surface area (Å²) in [5.74, 6) is 1.29. The quantitative estimate of drug-likeness (QED) is 0.0485. The fourth-order valence-corrected chi connectivity index (χ4v) is 5.67. The highest BCUT2D eigenvalue weighted by molar-refractivity contribution is 5.81. The molecule has 52 heavy (non-hydrogen) atoms. The maximum atomic E-state index is 12.3. The predicted octanol–water partition coefficient (Wildman–Crippen LogP) is 8.15. The molecular formula is C44H42O8. The van der Waals surface area contributed by atoms with E-state index in [1.54, 1.807) is 0 Å². The van der Waals surface area contributed by atoms with Gasteiger partial charge in [-0.3, -0.25) is 0 Å². The van der Waals surface area contributed by atoms with Crippen LogP contribution in [0.2, 0.25) is 0 Å². The SMILES string of the molecule is C=CC(=O)OC(COc1ccccc1)COc1ccccc1C(C)(c1ccccc1)c1ccccc1OCC(COc1ccccc1)OC(=O)C=C. The summed E-state index contributed by atoms with van der Waals surface area (Å²) in [6.45, 7) is 9.36. The Morgan fingerprint density at radius 2 is 0.865 bits per heavy atom. The molecule has 0 heterocycles. The highest BCUT2D eigenvalue weighted by Crippen LogP contribution is 2.46. The molecule has 266 valence electrons. The van der Waals surface area contributed by atoms with Gasteiger partial charge in [-0.25, -0.2) is 9.59 Å². The molecule has 8 nitrogen and oxygen atoms in total. The van der Waals surface area contributed by atoms with Crippen molar-refractivity contribution in [1.82, 2.24) is 0 Å². The van der Waals surface area contributed by atoms with E-state index >= 15 is 0 Å². The summed E-state index contributed by atoms with van der Waals surface area (Å²) >= 11 is 0. The van der Waals surface area contributed by atoms with E-state index in [4.69, 9.17) is 28.4 Å². The monoisotopic (exact) mass is 698 g/mol. The Morgan fingerprint density at radius 3 is 1.27 bits per heavy atom. The van der Waals surface area contributed by atoms with Crippen LogP contribution in [0, 0.1) is 0 Å². The van der Waals surface area contributed by atoms with Crippen LogP contribution in [0.5, 0.6) is 23.0 Å². The molecule has 0 aromatic heterocycles.